The fraction of sp³-hybridized carbons (Fsp3) is 0.385. The topological polar surface area (TPSA) is 194 Å². The zero-order valence-electron chi connectivity index (χ0n) is 22.8. The highest BCUT2D eigenvalue weighted by molar-refractivity contribution is 7.89. The summed E-state index contributed by atoms with van der Waals surface area (Å²) in [6.07, 6.45) is 0.764. The Balaban J connectivity index is 2.37. The highest BCUT2D eigenvalue weighted by atomic mass is 35.5. The normalized spacial score (nSPS) is 12.6. The van der Waals surface area contributed by atoms with Crippen LogP contribution >= 0.6 is 11.6 Å². The highest BCUT2D eigenvalue weighted by Crippen LogP contribution is 2.31. The summed E-state index contributed by atoms with van der Waals surface area (Å²) in [5.74, 6) is -3.76. The predicted molar refractivity (Wildman–Crippen MR) is 150 cm³/mol. The van der Waals surface area contributed by atoms with E-state index in [1.807, 2.05) is 30.3 Å². The number of nitrogens with two attached hydrogens (primary N) is 1. The Hall–Kier alpha value is -3.72. The lowest BCUT2D eigenvalue weighted by Gasteiger charge is -2.29. The monoisotopic (exact) mass is 612 g/mol. The number of anilines is 1. The molecule has 13 nitrogen and oxygen atoms in total. The van der Waals surface area contributed by atoms with Crippen molar-refractivity contribution >= 4 is 51.1 Å². The summed E-state index contributed by atoms with van der Waals surface area (Å²) in [6, 6.07) is 9.30. The predicted octanol–water partition coefficient (Wildman–Crippen LogP) is 1.95. The number of halogens is 1. The Morgan fingerprint density at radius 1 is 1.07 bits per heavy atom. The molecule has 0 aliphatic carbocycles. The van der Waals surface area contributed by atoms with Crippen LogP contribution in [0.2, 0.25) is 5.02 Å². The summed E-state index contributed by atoms with van der Waals surface area (Å²) in [5.41, 5.74) is 2.88. The van der Waals surface area contributed by atoms with Crippen LogP contribution in [0.3, 0.4) is 0 Å². The summed E-state index contributed by atoms with van der Waals surface area (Å²) in [7, 11) is -4.45. The first-order valence-corrected chi connectivity index (χ1v) is 14.5. The van der Waals surface area contributed by atoms with Crippen molar-refractivity contribution < 1.29 is 42.2 Å². The van der Waals surface area contributed by atoms with Gasteiger partial charge in [0.25, 0.3) is 5.91 Å². The number of sulfonamides is 1. The van der Waals surface area contributed by atoms with Crippen LogP contribution < -0.4 is 15.9 Å². The third-order valence-corrected chi connectivity index (χ3v) is 7.08. The second-order valence-electron chi connectivity index (χ2n) is 8.75. The number of hydrazine groups is 1. The molecule has 0 aliphatic rings. The molecular weight excluding hydrogens is 580 g/mol. The number of carboxylic acid groups (broad SMARTS) is 1. The van der Waals surface area contributed by atoms with Gasteiger partial charge in [-0.05, 0) is 51.3 Å². The summed E-state index contributed by atoms with van der Waals surface area (Å²) in [6.45, 7) is 3.79. The van der Waals surface area contributed by atoms with Gasteiger partial charge in [-0.25, -0.2) is 23.4 Å². The largest absolute Gasteiger partial charge is 0.480 e. The Morgan fingerprint density at radius 2 is 1.71 bits per heavy atom. The first-order chi connectivity index (χ1) is 19.3. The molecule has 0 spiro atoms. The zero-order chi connectivity index (χ0) is 30.7. The van der Waals surface area contributed by atoms with Crippen LogP contribution in [-0.4, -0.2) is 74.2 Å². The molecule has 15 heteroatoms. The number of esters is 2. The molecule has 0 heterocycles. The summed E-state index contributed by atoms with van der Waals surface area (Å²) < 4.78 is 34.3. The van der Waals surface area contributed by atoms with E-state index < -0.39 is 62.4 Å². The van der Waals surface area contributed by atoms with E-state index in [4.69, 9.17) is 26.2 Å². The number of ether oxygens (including phenoxy) is 2. The van der Waals surface area contributed by atoms with Crippen molar-refractivity contribution in [3.05, 3.63) is 58.6 Å². The number of aryl methyl sites for hydroxylation is 1. The van der Waals surface area contributed by atoms with Crippen LogP contribution in [-0.2, 0) is 40.3 Å². The van der Waals surface area contributed by atoms with Gasteiger partial charge in [-0.15, -0.1) is 0 Å². The number of aliphatic carboxylic acids is 1. The number of carbonyl (C=O) groups excluding carboxylic acids is 3. The average molecular weight is 613 g/mol. The number of nitrogens with one attached hydrogen (secondary N) is 2. The van der Waals surface area contributed by atoms with Gasteiger partial charge < -0.3 is 14.6 Å². The minimum atomic E-state index is -4.45. The Morgan fingerprint density at radius 3 is 2.27 bits per heavy atom. The van der Waals surface area contributed by atoms with E-state index in [2.05, 4.69) is 10.7 Å². The van der Waals surface area contributed by atoms with Crippen molar-refractivity contribution in [2.75, 3.05) is 25.2 Å². The molecule has 0 unspecified atom stereocenters. The zero-order valence-corrected chi connectivity index (χ0v) is 24.3. The molecule has 0 saturated carbocycles. The summed E-state index contributed by atoms with van der Waals surface area (Å²) in [4.78, 5) is 49.3. The fourth-order valence-corrected chi connectivity index (χ4v) is 4.87. The molecule has 1 amide bonds. The maximum absolute atomic E-state index is 13.4. The number of amides is 1. The molecule has 2 rings (SSSR count). The van der Waals surface area contributed by atoms with Gasteiger partial charge >= 0.3 is 17.9 Å². The molecule has 0 aliphatic heterocycles. The number of primary sulfonamides is 1. The van der Waals surface area contributed by atoms with E-state index in [-0.39, 0.29) is 30.9 Å². The number of hydrogen-bond acceptors (Lipinski definition) is 10. The van der Waals surface area contributed by atoms with Gasteiger partial charge in [0.15, 0.2) is 0 Å². The quantitative estimate of drug-likeness (QED) is 0.169. The van der Waals surface area contributed by atoms with Gasteiger partial charge in [0, 0.05) is 0 Å². The van der Waals surface area contributed by atoms with Crippen molar-refractivity contribution in [3.8, 4) is 0 Å². The molecule has 2 atom stereocenters. The average Bonchev–Trinajstić information content (AvgIpc) is 2.90. The van der Waals surface area contributed by atoms with E-state index in [0.717, 1.165) is 17.7 Å². The maximum Gasteiger partial charge on any atom is 0.338 e. The van der Waals surface area contributed by atoms with E-state index in [9.17, 15) is 32.7 Å². The Bertz CT molecular complexity index is 1360. The van der Waals surface area contributed by atoms with Crippen molar-refractivity contribution in [1.82, 2.24) is 10.3 Å². The molecule has 0 radical (unpaired) electrons. The van der Waals surface area contributed by atoms with Crippen molar-refractivity contribution in [2.24, 2.45) is 5.14 Å². The van der Waals surface area contributed by atoms with Crippen molar-refractivity contribution in [2.45, 2.75) is 50.6 Å². The second-order valence-corrected chi connectivity index (χ2v) is 10.7. The lowest BCUT2D eigenvalue weighted by Crippen LogP contribution is -2.53. The van der Waals surface area contributed by atoms with Gasteiger partial charge in [-0.3, -0.25) is 25.1 Å². The van der Waals surface area contributed by atoms with Crippen molar-refractivity contribution in [3.63, 3.8) is 0 Å². The first-order valence-electron chi connectivity index (χ1n) is 12.6. The van der Waals surface area contributed by atoms with Crippen LogP contribution in [0.4, 0.5) is 5.69 Å². The van der Waals surface area contributed by atoms with Crippen LogP contribution in [0.5, 0.6) is 0 Å². The molecule has 2 aromatic rings. The Kier molecular flexibility index (Phi) is 12.5. The minimum Gasteiger partial charge on any atom is -0.480 e. The highest BCUT2D eigenvalue weighted by Gasteiger charge is 2.30. The SMILES string of the molecule is CCOC(=O)c1cc(NN(CC(=O)O)C(=O)[C@H](C)N[C@@H](CCc2ccccc2)C(=O)OCC)c(Cl)c(S(N)(=O)=O)c1. The third-order valence-electron chi connectivity index (χ3n) is 5.63. The van der Waals surface area contributed by atoms with E-state index in [1.165, 1.54) is 6.92 Å². The smallest absolute Gasteiger partial charge is 0.338 e. The lowest BCUT2D eigenvalue weighted by atomic mass is 10.0. The van der Waals surface area contributed by atoms with Crippen LogP contribution in [0.25, 0.3) is 0 Å². The van der Waals surface area contributed by atoms with Gasteiger partial charge in [-0.1, -0.05) is 41.9 Å². The van der Waals surface area contributed by atoms with Gasteiger partial charge in [0.2, 0.25) is 10.0 Å². The molecule has 224 valence electrons. The molecule has 0 aromatic heterocycles. The minimum absolute atomic E-state index is 0.0202. The summed E-state index contributed by atoms with van der Waals surface area (Å²) >= 11 is 6.24. The van der Waals surface area contributed by atoms with E-state index in [1.54, 1.807) is 13.8 Å². The van der Waals surface area contributed by atoms with E-state index >= 15 is 0 Å². The standard InChI is InChI=1S/C26H33ClN4O9S/c1-4-39-25(35)18-13-20(23(27)21(14-18)41(28,37)38)30-31(15-22(32)33)24(34)16(3)29-19(26(36)40-5-2)12-11-17-9-7-6-8-10-17/h6-10,13-14,16,19,29-30H,4-5,11-12,15H2,1-3H3,(H,32,33)(H2,28,37,38)/t16-,19-/m0/s1. The number of benzene rings is 2. The van der Waals surface area contributed by atoms with E-state index in [0.29, 0.717) is 11.4 Å². The number of rotatable bonds is 15. The summed E-state index contributed by atoms with van der Waals surface area (Å²) in [5, 5.41) is 17.8. The number of carbonyl (C=O) groups is 4. The van der Waals surface area contributed by atoms with Gasteiger partial charge in [0.05, 0.1) is 35.5 Å². The lowest BCUT2D eigenvalue weighted by molar-refractivity contribution is -0.147. The fourth-order valence-electron chi connectivity index (χ4n) is 3.75. The molecule has 2 aromatic carbocycles. The molecule has 5 N–H and O–H groups in total. The van der Waals surface area contributed by atoms with Gasteiger partial charge in [0.1, 0.15) is 17.5 Å². The number of carboxylic acids is 1. The van der Waals surface area contributed by atoms with Crippen LogP contribution in [0, 0.1) is 0 Å². The van der Waals surface area contributed by atoms with Gasteiger partial charge in [-0.2, -0.15) is 0 Å². The number of hydrogen-bond donors (Lipinski definition) is 4. The van der Waals surface area contributed by atoms with Crippen molar-refractivity contribution in [1.29, 1.82) is 0 Å². The molecular formula is C26H33ClN4O9S. The van der Waals surface area contributed by atoms with Crippen LogP contribution in [0.15, 0.2) is 47.4 Å². The molecule has 0 bridgehead atoms. The maximum atomic E-state index is 13.4. The third kappa shape index (κ3) is 10.0. The Labute approximate surface area is 242 Å². The molecule has 0 saturated heterocycles. The molecule has 41 heavy (non-hydrogen) atoms. The first kappa shape index (κ1) is 33.5. The second kappa shape index (κ2) is 15.3. The number of nitrogens with zero attached hydrogens (tertiary/aromatic N) is 1. The molecule has 0 fully saturated rings. The van der Waals surface area contributed by atoms with Crippen LogP contribution in [0.1, 0.15) is 43.1 Å².